The van der Waals surface area contributed by atoms with E-state index in [4.69, 9.17) is 4.74 Å². The average Bonchev–Trinajstić information content (AvgIpc) is 3.06. The first-order valence-corrected chi connectivity index (χ1v) is 9.99. The summed E-state index contributed by atoms with van der Waals surface area (Å²) in [5, 5.41) is 3.28. The van der Waals surface area contributed by atoms with Crippen molar-refractivity contribution in [2.75, 3.05) is 50.4 Å². The number of cyclic esters (lactones) is 1. The molecule has 0 aliphatic carbocycles. The van der Waals surface area contributed by atoms with Crippen LogP contribution in [-0.4, -0.2) is 41.2 Å². The first-order valence-electron chi connectivity index (χ1n) is 9.99. The Balaban J connectivity index is 2.10. The van der Waals surface area contributed by atoms with Crippen molar-refractivity contribution in [1.29, 1.82) is 0 Å². The van der Waals surface area contributed by atoms with Crippen LogP contribution in [0.5, 0.6) is 0 Å². The summed E-state index contributed by atoms with van der Waals surface area (Å²) in [6.45, 7) is 0. The molecule has 154 valence electrons. The van der Waals surface area contributed by atoms with Gasteiger partial charge in [-0.3, -0.25) is 0 Å². The molecule has 1 N–H and O–H groups in total. The van der Waals surface area contributed by atoms with Gasteiger partial charge in [0.25, 0.3) is 0 Å². The molecule has 0 radical (unpaired) electrons. The molecule has 5 nitrogen and oxygen atoms in total. The summed E-state index contributed by atoms with van der Waals surface area (Å²) in [5.41, 5.74) is 5.13. The molecule has 30 heavy (non-hydrogen) atoms. The number of para-hydroxylation sites is 2. The Bertz CT molecular complexity index is 1110. The van der Waals surface area contributed by atoms with Gasteiger partial charge in [0.1, 0.15) is 0 Å². The van der Waals surface area contributed by atoms with Gasteiger partial charge in [-0.1, -0.05) is 42.5 Å². The Morgan fingerprint density at radius 1 is 0.800 bits per heavy atom. The second kappa shape index (κ2) is 7.41. The first-order chi connectivity index (χ1) is 14.4. The third kappa shape index (κ3) is 2.89. The molecule has 1 aliphatic heterocycles. The van der Waals surface area contributed by atoms with Crippen LogP contribution in [-0.2, 0) is 10.3 Å². The second-order valence-corrected chi connectivity index (χ2v) is 7.90. The lowest BCUT2D eigenvalue weighted by atomic mass is 9.78. The van der Waals surface area contributed by atoms with Gasteiger partial charge >= 0.3 is 5.97 Å². The lowest BCUT2D eigenvalue weighted by molar-refractivity contribution is 0.0255. The van der Waals surface area contributed by atoms with E-state index in [-0.39, 0.29) is 5.97 Å². The number of nitrogens with one attached hydrogen (secondary N) is 1. The number of anilines is 3. The molecule has 1 heterocycles. The number of nitrogens with zero attached hydrogens (tertiary/aromatic N) is 2. The van der Waals surface area contributed by atoms with Crippen molar-refractivity contribution in [2.45, 2.75) is 5.60 Å². The Labute approximate surface area is 177 Å². The zero-order valence-corrected chi connectivity index (χ0v) is 18.1. The molecule has 0 amide bonds. The van der Waals surface area contributed by atoms with E-state index in [1.54, 1.807) is 0 Å². The minimum absolute atomic E-state index is 0.312. The first kappa shape index (κ1) is 19.8. The highest BCUT2D eigenvalue weighted by Crippen LogP contribution is 2.51. The summed E-state index contributed by atoms with van der Waals surface area (Å²) in [6, 6.07) is 22.1. The van der Waals surface area contributed by atoms with Gasteiger partial charge in [0.2, 0.25) is 0 Å². The van der Waals surface area contributed by atoms with Gasteiger partial charge in [-0.2, -0.15) is 0 Å². The fraction of sp³-hybridized carbons (Fsp3) is 0.240. The highest BCUT2D eigenvalue weighted by atomic mass is 16.6. The molecule has 0 spiro atoms. The van der Waals surface area contributed by atoms with Crippen molar-refractivity contribution in [1.82, 2.24) is 0 Å². The van der Waals surface area contributed by atoms with Gasteiger partial charge in [-0.15, -0.1) is 0 Å². The standard InChI is InChI=1S/C25H27N3O2/c1-26-22-12-8-6-10-20(22)25(21-11-7-9-13-23(21)28(4)5)19-15-14-17(27(2)3)16-18(19)24(29)30-25/h6-16,26H,1-5H3. The van der Waals surface area contributed by atoms with Gasteiger partial charge < -0.3 is 19.9 Å². The summed E-state index contributed by atoms with van der Waals surface area (Å²) >= 11 is 0. The minimum atomic E-state index is -1.04. The van der Waals surface area contributed by atoms with Crippen LogP contribution in [0.2, 0.25) is 0 Å². The van der Waals surface area contributed by atoms with Crippen molar-refractivity contribution in [3.05, 3.63) is 89.0 Å². The largest absolute Gasteiger partial charge is 0.440 e. The number of hydrogen-bond donors (Lipinski definition) is 1. The molecule has 4 rings (SSSR count). The van der Waals surface area contributed by atoms with Crippen molar-refractivity contribution < 1.29 is 9.53 Å². The van der Waals surface area contributed by atoms with E-state index in [2.05, 4.69) is 16.3 Å². The van der Waals surface area contributed by atoms with Gasteiger partial charge in [-0.25, -0.2) is 4.79 Å². The maximum Gasteiger partial charge on any atom is 0.340 e. The number of esters is 1. The molecule has 1 aliphatic rings. The van der Waals surface area contributed by atoms with Crippen LogP contribution >= 0.6 is 0 Å². The highest BCUT2D eigenvalue weighted by molar-refractivity contribution is 5.98. The maximum atomic E-state index is 13.2. The van der Waals surface area contributed by atoms with E-state index in [1.165, 1.54) is 0 Å². The number of carbonyl (C=O) groups excluding carboxylic acids is 1. The van der Waals surface area contributed by atoms with Crippen molar-refractivity contribution in [2.24, 2.45) is 0 Å². The van der Waals surface area contributed by atoms with E-state index in [9.17, 15) is 4.79 Å². The van der Waals surface area contributed by atoms with Gasteiger partial charge in [0.15, 0.2) is 5.60 Å². The smallest absolute Gasteiger partial charge is 0.340 e. The van der Waals surface area contributed by atoms with Crippen molar-refractivity contribution in [3.63, 3.8) is 0 Å². The lowest BCUT2D eigenvalue weighted by Crippen LogP contribution is -2.32. The summed E-state index contributed by atoms with van der Waals surface area (Å²) in [6.07, 6.45) is 0. The lowest BCUT2D eigenvalue weighted by Gasteiger charge is -2.34. The molecule has 0 aromatic heterocycles. The van der Waals surface area contributed by atoms with E-state index < -0.39 is 5.60 Å². The number of rotatable bonds is 5. The fourth-order valence-electron chi connectivity index (χ4n) is 4.25. The molecular formula is C25H27N3O2. The molecule has 3 aromatic carbocycles. The Hall–Kier alpha value is -3.47. The van der Waals surface area contributed by atoms with E-state index in [1.807, 2.05) is 101 Å². The normalized spacial score (nSPS) is 17.3. The zero-order chi connectivity index (χ0) is 21.5. The molecule has 0 fully saturated rings. The number of carbonyl (C=O) groups is 1. The van der Waals surface area contributed by atoms with E-state index in [0.29, 0.717) is 5.56 Å². The van der Waals surface area contributed by atoms with Gasteiger partial charge in [0.05, 0.1) is 5.56 Å². The van der Waals surface area contributed by atoms with Crippen LogP contribution in [0, 0.1) is 0 Å². The molecule has 0 bridgehead atoms. The topological polar surface area (TPSA) is 44.8 Å². The molecule has 5 heteroatoms. The Morgan fingerprint density at radius 3 is 2.13 bits per heavy atom. The second-order valence-electron chi connectivity index (χ2n) is 7.90. The monoisotopic (exact) mass is 401 g/mol. The predicted molar refractivity (Wildman–Crippen MR) is 123 cm³/mol. The molecular weight excluding hydrogens is 374 g/mol. The fourth-order valence-corrected chi connectivity index (χ4v) is 4.25. The third-order valence-corrected chi connectivity index (χ3v) is 5.71. The number of benzene rings is 3. The molecule has 0 saturated carbocycles. The van der Waals surface area contributed by atoms with Crippen LogP contribution in [0.15, 0.2) is 66.7 Å². The highest BCUT2D eigenvalue weighted by Gasteiger charge is 2.51. The number of hydrogen-bond acceptors (Lipinski definition) is 5. The van der Waals surface area contributed by atoms with Gasteiger partial charge in [-0.05, 0) is 24.3 Å². The molecule has 3 aromatic rings. The van der Waals surface area contributed by atoms with Gasteiger partial charge in [0, 0.05) is 69.0 Å². The van der Waals surface area contributed by atoms with Crippen LogP contribution in [0.3, 0.4) is 0 Å². The Morgan fingerprint density at radius 2 is 1.47 bits per heavy atom. The van der Waals surface area contributed by atoms with Crippen LogP contribution in [0.25, 0.3) is 0 Å². The number of ether oxygens (including phenoxy) is 1. The predicted octanol–water partition coefficient (Wildman–Crippen LogP) is 4.32. The van der Waals surface area contributed by atoms with Crippen LogP contribution < -0.4 is 15.1 Å². The molecule has 0 saturated heterocycles. The maximum absolute atomic E-state index is 13.2. The summed E-state index contributed by atoms with van der Waals surface area (Å²) in [7, 11) is 9.82. The van der Waals surface area contributed by atoms with Crippen molar-refractivity contribution in [3.8, 4) is 0 Å². The Kier molecular flexibility index (Phi) is 4.90. The molecule has 1 atom stereocenters. The quantitative estimate of drug-likeness (QED) is 0.645. The number of fused-ring (bicyclic) bond motifs is 1. The van der Waals surface area contributed by atoms with Crippen LogP contribution in [0.1, 0.15) is 27.0 Å². The van der Waals surface area contributed by atoms with Crippen LogP contribution in [0.4, 0.5) is 17.1 Å². The SMILES string of the molecule is CNc1ccccc1C1(c2ccccc2N(C)C)OC(=O)c2cc(N(C)C)ccc21. The van der Waals surface area contributed by atoms with E-state index >= 15 is 0 Å². The minimum Gasteiger partial charge on any atom is -0.440 e. The summed E-state index contributed by atoms with van der Waals surface area (Å²) in [4.78, 5) is 17.3. The van der Waals surface area contributed by atoms with E-state index in [0.717, 1.165) is 33.8 Å². The summed E-state index contributed by atoms with van der Waals surface area (Å²) < 4.78 is 6.34. The average molecular weight is 402 g/mol. The third-order valence-electron chi connectivity index (χ3n) is 5.71. The zero-order valence-electron chi connectivity index (χ0n) is 18.1. The molecule has 1 unspecified atom stereocenters. The van der Waals surface area contributed by atoms with Crippen molar-refractivity contribution >= 4 is 23.0 Å². The summed E-state index contributed by atoms with van der Waals surface area (Å²) in [5.74, 6) is -0.312.